The van der Waals surface area contributed by atoms with Gasteiger partial charge in [0.2, 0.25) is 0 Å². The predicted molar refractivity (Wildman–Crippen MR) is 98.1 cm³/mol. The van der Waals surface area contributed by atoms with Crippen LogP contribution in [0.2, 0.25) is 0 Å². The number of nitrogens with zero attached hydrogens (tertiary/aromatic N) is 3. The van der Waals surface area contributed by atoms with Gasteiger partial charge in [-0.1, -0.05) is 49.2 Å². The summed E-state index contributed by atoms with van der Waals surface area (Å²) in [7, 11) is 0. The smallest absolute Gasteiger partial charge is 0.158 e. The van der Waals surface area contributed by atoms with Gasteiger partial charge in [0.15, 0.2) is 11.6 Å². The van der Waals surface area contributed by atoms with Crippen LogP contribution in [0.3, 0.4) is 0 Å². The van der Waals surface area contributed by atoms with Crippen LogP contribution in [0.1, 0.15) is 48.7 Å². The van der Waals surface area contributed by atoms with Gasteiger partial charge in [-0.3, -0.25) is 0 Å². The van der Waals surface area contributed by atoms with E-state index in [0.717, 1.165) is 35.4 Å². The van der Waals surface area contributed by atoms with Crippen molar-refractivity contribution in [3.8, 4) is 11.4 Å². The summed E-state index contributed by atoms with van der Waals surface area (Å²) in [6.45, 7) is 0.0282. The van der Waals surface area contributed by atoms with E-state index in [1.165, 1.54) is 25.0 Å². The molecule has 3 aromatic rings. The Balaban J connectivity index is 1.69. The van der Waals surface area contributed by atoms with Gasteiger partial charge in [0.25, 0.3) is 0 Å². The molecule has 0 aliphatic heterocycles. The fourth-order valence-electron chi connectivity index (χ4n) is 3.63. The van der Waals surface area contributed by atoms with Crippen LogP contribution >= 0.6 is 0 Å². The molecule has 1 aliphatic rings. The second kappa shape index (κ2) is 7.38. The second-order valence-corrected chi connectivity index (χ2v) is 6.90. The summed E-state index contributed by atoms with van der Waals surface area (Å²) in [4.78, 5) is 4.77. The lowest BCUT2D eigenvalue weighted by atomic mass is 10.1. The van der Waals surface area contributed by atoms with Crippen molar-refractivity contribution in [2.24, 2.45) is 0 Å². The summed E-state index contributed by atoms with van der Waals surface area (Å²) < 4.78 is 15.5. The van der Waals surface area contributed by atoms with Crippen LogP contribution in [0.25, 0.3) is 11.4 Å². The van der Waals surface area contributed by atoms with E-state index in [0.29, 0.717) is 18.3 Å². The molecule has 1 aromatic heterocycles. The van der Waals surface area contributed by atoms with Crippen molar-refractivity contribution >= 4 is 0 Å². The Labute approximate surface area is 152 Å². The molecule has 0 unspecified atom stereocenters. The molecule has 0 bridgehead atoms. The minimum atomic E-state index is -0.238. The molecule has 26 heavy (non-hydrogen) atoms. The van der Waals surface area contributed by atoms with Crippen LogP contribution in [-0.4, -0.2) is 19.9 Å². The highest BCUT2D eigenvalue weighted by molar-refractivity contribution is 5.56. The first-order chi connectivity index (χ1) is 12.7. The summed E-state index contributed by atoms with van der Waals surface area (Å²) in [5, 5.41) is 14.0. The zero-order chi connectivity index (χ0) is 17.9. The Morgan fingerprint density at radius 1 is 1.04 bits per heavy atom. The largest absolute Gasteiger partial charge is 0.392 e. The number of benzene rings is 2. The lowest BCUT2D eigenvalue weighted by Gasteiger charge is -2.12. The molecule has 2 aromatic carbocycles. The monoisotopic (exact) mass is 351 g/mol. The minimum absolute atomic E-state index is 0.0282. The van der Waals surface area contributed by atoms with Crippen LogP contribution in [0.15, 0.2) is 48.5 Å². The van der Waals surface area contributed by atoms with Crippen molar-refractivity contribution in [2.75, 3.05) is 0 Å². The normalized spacial score (nSPS) is 14.8. The molecule has 1 fully saturated rings. The van der Waals surface area contributed by atoms with Crippen LogP contribution in [0, 0.1) is 5.82 Å². The molecule has 134 valence electrons. The SMILES string of the molecule is OCc1ccc(-c2nc(Cc3cccc(F)c3)nn2C2CCCC2)cc1. The molecule has 0 amide bonds. The molecule has 4 rings (SSSR count). The average Bonchev–Trinajstić information content (AvgIpc) is 3.31. The molecule has 0 saturated heterocycles. The van der Waals surface area contributed by atoms with E-state index >= 15 is 0 Å². The summed E-state index contributed by atoms with van der Waals surface area (Å²) in [5.74, 6) is 1.33. The first-order valence-corrected chi connectivity index (χ1v) is 9.13. The molecule has 0 atom stereocenters. The predicted octanol–water partition coefficient (Wildman–Crippen LogP) is 4.28. The number of hydrogen-bond donors (Lipinski definition) is 1. The first-order valence-electron chi connectivity index (χ1n) is 9.13. The fourth-order valence-corrected chi connectivity index (χ4v) is 3.63. The zero-order valence-electron chi connectivity index (χ0n) is 14.6. The van der Waals surface area contributed by atoms with E-state index in [4.69, 9.17) is 10.1 Å². The van der Waals surface area contributed by atoms with Gasteiger partial charge in [-0.25, -0.2) is 14.1 Å². The van der Waals surface area contributed by atoms with Crippen LogP contribution in [0.5, 0.6) is 0 Å². The van der Waals surface area contributed by atoms with E-state index < -0.39 is 0 Å². The standard InChI is InChI=1S/C21H22FN3O/c22-18-5-3-4-16(12-18)13-20-23-21(17-10-8-15(14-26)9-11-17)25(24-20)19-6-1-2-7-19/h3-5,8-12,19,26H,1-2,6-7,13-14H2. The fraction of sp³-hybridized carbons (Fsp3) is 0.333. The van der Waals surface area contributed by atoms with Gasteiger partial charge in [0.05, 0.1) is 12.6 Å². The van der Waals surface area contributed by atoms with Gasteiger partial charge in [0.1, 0.15) is 5.82 Å². The molecule has 1 N–H and O–H groups in total. The maximum absolute atomic E-state index is 13.5. The van der Waals surface area contributed by atoms with Gasteiger partial charge in [-0.05, 0) is 36.1 Å². The van der Waals surface area contributed by atoms with E-state index in [1.807, 2.05) is 30.3 Å². The first kappa shape index (κ1) is 16.9. The Kier molecular flexibility index (Phi) is 4.80. The highest BCUT2D eigenvalue weighted by Gasteiger charge is 2.23. The van der Waals surface area contributed by atoms with Gasteiger partial charge in [-0.2, -0.15) is 5.10 Å². The van der Waals surface area contributed by atoms with Crippen molar-refractivity contribution in [1.29, 1.82) is 0 Å². The van der Waals surface area contributed by atoms with Gasteiger partial charge < -0.3 is 5.11 Å². The van der Waals surface area contributed by atoms with Gasteiger partial charge in [0, 0.05) is 12.0 Å². The third kappa shape index (κ3) is 3.53. The quantitative estimate of drug-likeness (QED) is 0.746. The van der Waals surface area contributed by atoms with Crippen molar-refractivity contribution in [2.45, 2.75) is 44.8 Å². The third-order valence-corrected chi connectivity index (χ3v) is 4.99. The summed E-state index contributed by atoms with van der Waals surface area (Å²) in [6.07, 6.45) is 5.17. The second-order valence-electron chi connectivity index (χ2n) is 6.90. The minimum Gasteiger partial charge on any atom is -0.392 e. The van der Waals surface area contributed by atoms with Crippen molar-refractivity contribution < 1.29 is 9.50 Å². The Morgan fingerprint density at radius 2 is 1.81 bits per heavy atom. The zero-order valence-corrected chi connectivity index (χ0v) is 14.6. The third-order valence-electron chi connectivity index (χ3n) is 4.99. The number of halogens is 1. The van der Waals surface area contributed by atoms with E-state index in [1.54, 1.807) is 6.07 Å². The highest BCUT2D eigenvalue weighted by atomic mass is 19.1. The molecule has 0 spiro atoms. The number of hydrogen-bond acceptors (Lipinski definition) is 3. The Hall–Kier alpha value is -2.53. The van der Waals surface area contributed by atoms with E-state index in [-0.39, 0.29) is 12.4 Å². The summed E-state index contributed by atoms with van der Waals surface area (Å²) in [6, 6.07) is 14.7. The number of rotatable bonds is 5. The molecule has 1 heterocycles. The topological polar surface area (TPSA) is 50.9 Å². The number of aliphatic hydroxyl groups is 1. The maximum atomic E-state index is 13.5. The van der Waals surface area contributed by atoms with Crippen molar-refractivity contribution in [3.05, 3.63) is 71.3 Å². The summed E-state index contributed by atoms with van der Waals surface area (Å²) >= 11 is 0. The maximum Gasteiger partial charge on any atom is 0.158 e. The van der Waals surface area contributed by atoms with Crippen LogP contribution < -0.4 is 0 Å². The molecule has 1 aliphatic carbocycles. The summed E-state index contributed by atoms with van der Waals surface area (Å²) in [5.41, 5.74) is 2.74. The van der Waals surface area contributed by atoms with Crippen LogP contribution in [-0.2, 0) is 13.0 Å². The molecule has 5 heteroatoms. The lowest BCUT2D eigenvalue weighted by Crippen LogP contribution is -2.09. The van der Waals surface area contributed by atoms with E-state index in [2.05, 4.69) is 4.68 Å². The molecule has 1 saturated carbocycles. The van der Waals surface area contributed by atoms with Crippen LogP contribution in [0.4, 0.5) is 4.39 Å². The van der Waals surface area contributed by atoms with Crippen molar-refractivity contribution in [1.82, 2.24) is 14.8 Å². The molecular formula is C21H22FN3O. The highest BCUT2D eigenvalue weighted by Crippen LogP contribution is 2.32. The van der Waals surface area contributed by atoms with Gasteiger partial charge in [-0.15, -0.1) is 0 Å². The molecule has 4 nitrogen and oxygen atoms in total. The van der Waals surface area contributed by atoms with E-state index in [9.17, 15) is 9.50 Å². The Morgan fingerprint density at radius 3 is 2.50 bits per heavy atom. The Bertz CT molecular complexity index is 883. The van der Waals surface area contributed by atoms with Crippen molar-refractivity contribution in [3.63, 3.8) is 0 Å². The average molecular weight is 351 g/mol. The van der Waals surface area contributed by atoms with Gasteiger partial charge >= 0.3 is 0 Å². The number of aliphatic hydroxyl groups excluding tert-OH is 1. The molecule has 0 radical (unpaired) electrons. The number of aromatic nitrogens is 3. The lowest BCUT2D eigenvalue weighted by molar-refractivity contribution is 0.282. The molecular weight excluding hydrogens is 329 g/mol.